The number of benzene rings is 12. The lowest BCUT2D eigenvalue weighted by atomic mass is 9.31. The van der Waals surface area contributed by atoms with Gasteiger partial charge in [0, 0.05) is 92.4 Å². The molecule has 0 aliphatic carbocycles. The molecule has 0 aromatic heterocycles. The van der Waals surface area contributed by atoms with Crippen LogP contribution in [0.1, 0.15) is 0 Å². The van der Waals surface area contributed by atoms with Crippen LogP contribution in [-0.2, 0) is 0 Å². The van der Waals surface area contributed by atoms with Gasteiger partial charge in [-0.15, -0.1) is 0 Å². The van der Waals surface area contributed by atoms with Crippen molar-refractivity contribution in [1.29, 1.82) is 0 Å². The van der Waals surface area contributed by atoms with Gasteiger partial charge in [0.25, 0.3) is 13.4 Å². The third-order valence-corrected chi connectivity index (χ3v) is 16.5. The molecule has 12 aromatic carbocycles. The van der Waals surface area contributed by atoms with Crippen molar-refractivity contribution < 1.29 is 18.9 Å². The van der Waals surface area contributed by atoms with Crippen molar-refractivity contribution >= 4 is 114 Å². The summed E-state index contributed by atoms with van der Waals surface area (Å²) in [5.41, 5.74) is 17.8. The monoisotopic (exact) mass is 1050 g/mol. The first kappa shape index (κ1) is 46.1. The molecule has 0 unspecified atom stereocenters. The van der Waals surface area contributed by atoms with Crippen molar-refractivity contribution in [3.05, 3.63) is 279 Å². The molecule has 5 aliphatic rings. The van der Waals surface area contributed by atoms with E-state index >= 15 is 0 Å². The van der Waals surface area contributed by atoms with Crippen LogP contribution in [0.4, 0.5) is 68.2 Å². The minimum atomic E-state index is -0.353. The second kappa shape index (κ2) is 18.4. The van der Waals surface area contributed by atoms with E-state index in [1.54, 1.807) is 0 Å². The first-order valence-electron chi connectivity index (χ1n) is 27.8. The van der Waals surface area contributed by atoms with Crippen LogP contribution < -0.4 is 71.3 Å². The molecule has 0 radical (unpaired) electrons. The highest BCUT2D eigenvalue weighted by Gasteiger charge is 2.50. The summed E-state index contributed by atoms with van der Waals surface area (Å²) >= 11 is 0. The summed E-state index contributed by atoms with van der Waals surface area (Å²) in [5, 5.41) is 0. The average molecular weight is 1050 g/mol. The summed E-state index contributed by atoms with van der Waals surface area (Å²) in [7, 11) is 0. The Morgan fingerprint density at radius 1 is 0.232 bits per heavy atom. The van der Waals surface area contributed by atoms with Crippen molar-refractivity contribution in [2.45, 2.75) is 0 Å². The van der Waals surface area contributed by atoms with Crippen LogP contribution in [0.15, 0.2) is 279 Å². The van der Waals surface area contributed by atoms with E-state index in [1.165, 1.54) is 0 Å². The first-order valence-corrected chi connectivity index (χ1v) is 27.8. The van der Waals surface area contributed by atoms with E-state index < -0.39 is 0 Å². The SMILES string of the molecule is c1ccc(N(c2ccccc2)c2cc3c4c(c2)Oc2cccc5c2B4c2cc4c(cc2O3)Oc2cc(N(c3ccccc3)c3ccccc3)cc3c2B4c2c(cc(N(c4ccccc4)c4ccccc4)cc2N3c2ccccc2)O5)cc1. The predicted octanol–water partition coefficient (Wildman–Crippen LogP) is 15.3. The molecular formula is C72H46B2N4O4. The summed E-state index contributed by atoms with van der Waals surface area (Å²) in [6.45, 7) is -0.684. The molecule has 2 bridgehead atoms. The third-order valence-electron chi connectivity index (χ3n) is 16.5. The highest BCUT2D eigenvalue weighted by atomic mass is 16.5. The molecule has 0 saturated heterocycles. The second-order valence-corrected chi connectivity index (χ2v) is 21.2. The van der Waals surface area contributed by atoms with Gasteiger partial charge in [-0.3, -0.25) is 0 Å². The molecule has 0 amide bonds. The van der Waals surface area contributed by atoms with Crippen LogP contribution in [0.5, 0.6) is 46.0 Å². The molecular weight excluding hydrogens is 1010 g/mol. The van der Waals surface area contributed by atoms with Gasteiger partial charge in [-0.05, 0) is 131 Å². The summed E-state index contributed by atoms with van der Waals surface area (Å²) in [4.78, 5) is 9.30. The summed E-state index contributed by atoms with van der Waals surface area (Å²) < 4.78 is 29.8. The molecule has 0 saturated carbocycles. The lowest BCUT2D eigenvalue weighted by molar-refractivity contribution is 0.451. The van der Waals surface area contributed by atoms with Crippen LogP contribution in [0.3, 0.4) is 0 Å². The maximum absolute atomic E-state index is 7.82. The van der Waals surface area contributed by atoms with Gasteiger partial charge < -0.3 is 38.5 Å². The number of hydrogen-bond donors (Lipinski definition) is 0. The molecule has 0 spiro atoms. The van der Waals surface area contributed by atoms with Gasteiger partial charge in [0.1, 0.15) is 46.0 Å². The maximum atomic E-state index is 7.82. The number of para-hydroxylation sites is 7. The van der Waals surface area contributed by atoms with Gasteiger partial charge in [-0.25, -0.2) is 0 Å². The van der Waals surface area contributed by atoms with E-state index in [1.807, 2.05) is 18.2 Å². The molecule has 17 rings (SSSR count). The quantitative estimate of drug-likeness (QED) is 0.126. The Bertz CT molecular complexity index is 4370. The van der Waals surface area contributed by atoms with E-state index in [9.17, 15) is 0 Å². The van der Waals surface area contributed by atoms with Gasteiger partial charge >= 0.3 is 0 Å². The second-order valence-electron chi connectivity index (χ2n) is 21.2. The molecule has 384 valence electrons. The molecule has 8 nitrogen and oxygen atoms in total. The highest BCUT2D eigenvalue weighted by Crippen LogP contribution is 2.51. The van der Waals surface area contributed by atoms with Crippen LogP contribution >= 0.6 is 0 Å². The maximum Gasteiger partial charge on any atom is 0.265 e. The summed E-state index contributed by atoms with van der Waals surface area (Å²) in [6.07, 6.45) is 0. The van der Waals surface area contributed by atoms with Crippen molar-refractivity contribution in [2.75, 3.05) is 19.6 Å². The Labute approximate surface area is 475 Å². The van der Waals surface area contributed by atoms with Gasteiger partial charge in [0.05, 0.1) is 17.1 Å². The smallest absolute Gasteiger partial charge is 0.265 e. The van der Waals surface area contributed by atoms with Crippen molar-refractivity contribution in [3.63, 3.8) is 0 Å². The number of anilines is 12. The normalized spacial score (nSPS) is 13.0. The van der Waals surface area contributed by atoms with E-state index in [-0.39, 0.29) is 13.4 Å². The van der Waals surface area contributed by atoms with E-state index in [2.05, 4.69) is 280 Å². The van der Waals surface area contributed by atoms with Gasteiger partial charge in [0.2, 0.25) is 0 Å². The molecule has 82 heavy (non-hydrogen) atoms. The van der Waals surface area contributed by atoms with Crippen molar-refractivity contribution in [1.82, 2.24) is 0 Å². The fraction of sp³-hybridized carbons (Fsp3) is 0. The predicted molar refractivity (Wildman–Crippen MR) is 334 cm³/mol. The van der Waals surface area contributed by atoms with E-state index in [4.69, 9.17) is 18.9 Å². The first-order chi connectivity index (χ1) is 40.7. The van der Waals surface area contributed by atoms with Crippen LogP contribution in [-0.4, -0.2) is 13.4 Å². The molecule has 0 fully saturated rings. The Morgan fingerprint density at radius 2 is 0.524 bits per heavy atom. The molecule has 10 heteroatoms. The topological polar surface area (TPSA) is 49.9 Å². The molecule has 0 N–H and O–H groups in total. The van der Waals surface area contributed by atoms with Gasteiger partial charge in [-0.1, -0.05) is 140 Å². The molecule has 5 aliphatic heterocycles. The standard InChI is InChI=1S/C72H46B2N4O4/c1-8-23-47(24-9-1)75(48-25-10-2-11-26-48)54-39-59-69-65(41-54)79-61-37-22-38-62-71(61)74-58-45-57-63(46-64(58)82-68-44-56(43-67(80-62)72(68)74)77(51-31-16-5-17-32-51)52-33-18-6-19-34-52)81-66-42-55(76(49-27-12-3-13-28-49)50-29-14-4-15-30-50)40-60(70(66)73(57)69)78(59)53-35-20-7-21-36-53/h1-46H. The van der Waals surface area contributed by atoms with Crippen molar-refractivity contribution in [2.24, 2.45) is 0 Å². The minimum absolute atomic E-state index is 0.331. The van der Waals surface area contributed by atoms with Crippen LogP contribution in [0.25, 0.3) is 0 Å². The van der Waals surface area contributed by atoms with Crippen LogP contribution in [0.2, 0.25) is 0 Å². The Morgan fingerprint density at radius 3 is 0.890 bits per heavy atom. The number of ether oxygens (including phenoxy) is 4. The number of nitrogens with zero attached hydrogens (tertiary/aromatic N) is 4. The third kappa shape index (κ3) is 7.21. The minimum Gasteiger partial charge on any atom is -0.458 e. The zero-order valence-electron chi connectivity index (χ0n) is 44.1. The molecule has 12 aromatic rings. The Kier molecular flexibility index (Phi) is 10.3. The lowest BCUT2D eigenvalue weighted by Gasteiger charge is -2.43. The zero-order chi connectivity index (χ0) is 53.8. The van der Waals surface area contributed by atoms with Gasteiger partial charge in [0.15, 0.2) is 0 Å². The summed E-state index contributed by atoms with van der Waals surface area (Å²) in [6, 6.07) is 98.1. The fourth-order valence-corrected chi connectivity index (χ4v) is 13.1. The zero-order valence-corrected chi connectivity index (χ0v) is 44.1. The Balaban J connectivity index is 0.960. The average Bonchev–Trinajstić information content (AvgIpc) is 1.12. The largest absolute Gasteiger partial charge is 0.458 e. The highest BCUT2D eigenvalue weighted by molar-refractivity contribution is 7.02. The summed E-state index contributed by atoms with van der Waals surface area (Å²) in [5.74, 6) is 5.72. The fourth-order valence-electron chi connectivity index (χ4n) is 13.1. The molecule has 0 atom stereocenters. The van der Waals surface area contributed by atoms with E-state index in [0.717, 1.165) is 124 Å². The molecule has 5 heterocycles. The lowest BCUT2D eigenvalue weighted by Crippen LogP contribution is -2.63. The number of hydrogen-bond acceptors (Lipinski definition) is 8. The van der Waals surface area contributed by atoms with Gasteiger partial charge in [-0.2, -0.15) is 0 Å². The number of rotatable bonds is 10. The van der Waals surface area contributed by atoms with Crippen LogP contribution in [0, 0.1) is 0 Å². The van der Waals surface area contributed by atoms with Crippen molar-refractivity contribution in [3.8, 4) is 46.0 Å². The van der Waals surface area contributed by atoms with E-state index in [0.29, 0.717) is 23.0 Å². The Hall–Kier alpha value is -10.8.